The first-order chi connectivity index (χ1) is 23.6. The number of rotatable bonds is 15. The lowest BCUT2D eigenvalue weighted by Gasteiger charge is -2.46. The van der Waals surface area contributed by atoms with Crippen LogP contribution < -0.4 is 0 Å². The summed E-state index contributed by atoms with van der Waals surface area (Å²) >= 11 is 0. The molecule has 0 aromatic rings. The molecule has 0 unspecified atom stereocenters. The molecule has 0 spiro atoms. The first-order valence-corrected chi connectivity index (χ1v) is 15.8. The molecule has 0 N–H and O–H groups in total. The summed E-state index contributed by atoms with van der Waals surface area (Å²) in [6.07, 6.45) is -13.1. The quantitative estimate of drug-likeness (QED) is 0.162. The summed E-state index contributed by atoms with van der Waals surface area (Å²) in [5.41, 5.74) is -0.863. The molecule has 0 saturated carbocycles. The van der Waals surface area contributed by atoms with E-state index in [1.54, 1.807) is 20.8 Å². The number of hydrogen-bond donors (Lipinski definition) is 0. The average Bonchev–Trinajstić information content (AvgIpc) is 3.23. The van der Waals surface area contributed by atoms with Gasteiger partial charge in [-0.25, -0.2) is 0 Å². The summed E-state index contributed by atoms with van der Waals surface area (Å²) < 4.78 is 62.0. The van der Waals surface area contributed by atoms with Gasteiger partial charge >= 0.3 is 41.8 Å². The normalized spacial score (nSPS) is 28.8. The van der Waals surface area contributed by atoms with Crippen molar-refractivity contribution in [2.75, 3.05) is 26.4 Å². The van der Waals surface area contributed by atoms with E-state index < -0.39 is 128 Å². The highest BCUT2D eigenvalue weighted by Gasteiger charge is 2.64. The minimum absolute atomic E-state index is 0.375. The van der Waals surface area contributed by atoms with Crippen LogP contribution in [0.25, 0.3) is 0 Å². The van der Waals surface area contributed by atoms with Crippen molar-refractivity contribution in [2.45, 2.75) is 124 Å². The van der Waals surface area contributed by atoms with Crippen LogP contribution in [-0.2, 0) is 90.5 Å². The van der Waals surface area contributed by atoms with Crippen LogP contribution in [0.2, 0.25) is 0 Å². The van der Waals surface area contributed by atoms with Gasteiger partial charge in [-0.3, -0.25) is 38.4 Å². The second-order valence-electron chi connectivity index (χ2n) is 12.7. The summed E-state index contributed by atoms with van der Waals surface area (Å²) in [5.74, 6) is -8.91. The van der Waals surface area contributed by atoms with Crippen molar-refractivity contribution < 1.29 is 90.5 Å². The molecule has 2 saturated heterocycles. The molecule has 0 bridgehead atoms. The number of ether oxygens (including phenoxy) is 11. The van der Waals surface area contributed by atoms with Gasteiger partial charge in [0.2, 0.25) is 12.1 Å². The number of hydrogen-bond acceptors (Lipinski definition) is 19. The molecule has 2 heterocycles. The third-order valence-electron chi connectivity index (χ3n) is 7.13. The van der Waals surface area contributed by atoms with E-state index in [2.05, 4.69) is 0 Å². The first kappa shape index (κ1) is 43.0. The Kier molecular flexibility index (Phi) is 15.4. The van der Waals surface area contributed by atoms with Gasteiger partial charge in [0.1, 0.15) is 38.6 Å². The van der Waals surface area contributed by atoms with Crippen LogP contribution in [0.15, 0.2) is 0 Å². The van der Waals surface area contributed by atoms with Crippen molar-refractivity contribution in [3.05, 3.63) is 0 Å². The van der Waals surface area contributed by atoms with E-state index in [1.165, 1.54) is 0 Å². The zero-order valence-electron chi connectivity index (χ0n) is 30.2. The first-order valence-electron chi connectivity index (χ1n) is 15.8. The Balaban J connectivity index is 2.82. The van der Waals surface area contributed by atoms with E-state index in [4.69, 9.17) is 52.1 Å². The third-order valence-corrected chi connectivity index (χ3v) is 7.13. The molecule has 9 atom stereocenters. The van der Waals surface area contributed by atoms with Gasteiger partial charge in [-0.1, -0.05) is 20.8 Å². The lowest BCUT2D eigenvalue weighted by atomic mass is 9.91. The van der Waals surface area contributed by atoms with E-state index in [-0.39, 0.29) is 5.78 Å². The second-order valence-corrected chi connectivity index (χ2v) is 12.7. The van der Waals surface area contributed by atoms with Crippen LogP contribution in [0.5, 0.6) is 0 Å². The largest absolute Gasteiger partial charge is 0.463 e. The summed E-state index contributed by atoms with van der Waals surface area (Å²) in [7, 11) is 0. The Morgan fingerprint density at radius 2 is 1.02 bits per heavy atom. The van der Waals surface area contributed by atoms with Gasteiger partial charge in [0, 0.05) is 53.9 Å². The Bertz CT molecular complexity index is 1320. The highest BCUT2D eigenvalue weighted by atomic mass is 16.8. The van der Waals surface area contributed by atoms with Gasteiger partial charge in [0.15, 0.2) is 36.3 Å². The predicted molar refractivity (Wildman–Crippen MR) is 164 cm³/mol. The molecule has 0 radical (unpaired) electrons. The summed E-state index contributed by atoms with van der Waals surface area (Å²) in [4.78, 5) is 98.2. The summed E-state index contributed by atoms with van der Waals surface area (Å²) in [6.45, 7) is 9.75. The molecule has 2 aliphatic rings. The maximum atomic E-state index is 12.8. The Hall–Kier alpha value is -4.20. The maximum absolute atomic E-state index is 12.8. The van der Waals surface area contributed by atoms with E-state index in [0.29, 0.717) is 0 Å². The molecule has 0 amide bonds. The molecule has 19 nitrogen and oxygen atoms in total. The summed E-state index contributed by atoms with van der Waals surface area (Å²) in [5, 5.41) is 0. The van der Waals surface area contributed by atoms with Gasteiger partial charge in [-0.15, -0.1) is 0 Å². The zero-order valence-corrected chi connectivity index (χ0v) is 30.2. The molecule has 0 aromatic heterocycles. The Labute approximate surface area is 294 Å². The second kappa shape index (κ2) is 18.3. The van der Waals surface area contributed by atoms with Crippen LogP contribution in [-0.4, -0.2) is 129 Å². The molecule has 19 heteroatoms. The van der Waals surface area contributed by atoms with Crippen molar-refractivity contribution in [2.24, 2.45) is 5.41 Å². The van der Waals surface area contributed by atoms with E-state index >= 15 is 0 Å². The SMILES string of the molecule is CC(=O)OC[C@H]1O[C@@](COCC(=O)C(C)(C)C)(O[C@H]2O[C@H](COC(C)=O)[C@@H](OC(C)=O)[C@H](OC(C)=O)[C@H]2OC(C)=O)[C@@H](OC(C)=O)[C@@H]1OC(C)=O. The fourth-order valence-corrected chi connectivity index (χ4v) is 5.06. The van der Waals surface area contributed by atoms with Crippen molar-refractivity contribution >= 4 is 47.6 Å². The van der Waals surface area contributed by atoms with E-state index in [9.17, 15) is 38.4 Å². The highest BCUT2D eigenvalue weighted by Crippen LogP contribution is 2.41. The number of carbonyl (C=O) groups excluding carboxylic acids is 8. The van der Waals surface area contributed by atoms with Crippen LogP contribution in [0, 0.1) is 5.41 Å². The lowest BCUT2D eigenvalue weighted by Crippen LogP contribution is -2.65. The van der Waals surface area contributed by atoms with Gasteiger partial charge < -0.3 is 52.1 Å². The molecule has 288 valence electrons. The predicted octanol–water partition coefficient (Wildman–Crippen LogP) is 0.240. The van der Waals surface area contributed by atoms with Crippen molar-refractivity contribution in [3.63, 3.8) is 0 Å². The zero-order chi connectivity index (χ0) is 38.8. The van der Waals surface area contributed by atoms with Crippen LogP contribution in [0.4, 0.5) is 0 Å². The third kappa shape index (κ3) is 12.8. The fourth-order valence-electron chi connectivity index (χ4n) is 5.06. The minimum atomic E-state index is -2.43. The van der Waals surface area contributed by atoms with Crippen molar-refractivity contribution in [1.82, 2.24) is 0 Å². The topological polar surface area (TPSA) is 238 Å². The molecule has 2 aliphatic heterocycles. The molecular weight excluding hydrogens is 688 g/mol. The lowest BCUT2D eigenvalue weighted by molar-refractivity contribution is -0.385. The number of carbonyl (C=O) groups is 8. The minimum Gasteiger partial charge on any atom is -0.463 e. The fraction of sp³-hybridized carbons (Fsp3) is 0.750. The Morgan fingerprint density at radius 3 is 1.49 bits per heavy atom. The van der Waals surface area contributed by atoms with Crippen molar-refractivity contribution in [3.8, 4) is 0 Å². The number of ketones is 1. The molecule has 51 heavy (non-hydrogen) atoms. The maximum Gasteiger partial charge on any atom is 0.303 e. The monoisotopic (exact) mass is 734 g/mol. The van der Waals surface area contributed by atoms with Crippen LogP contribution >= 0.6 is 0 Å². The van der Waals surface area contributed by atoms with Crippen LogP contribution in [0.1, 0.15) is 69.2 Å². The van der Waals surface area contributed by atoms with E-state index in [0.717, 1.165) is 48.5 Å². The Morgan fingerprint density at radius 1 is 0.569 bits per heavy atom. The van der Waals surface area contributed by atoms with Crippen LogP contribution in [0.3, 0.4) is 0 Å². The van der Waals surface area contributed by atoms with Crippen molar-refractivity contribution in [1.29, 1.82) is 0 Å². The summed E-state index contributed by atoms with van der Waals surface area (Å²) in [6, 6.07) is 0. The average molecular weight is 735 g/mol. The molecule has 2 rings (SSSR count). The van der Waals surface area contributed by atoms with Gasteiger partial charge in [-0.05, 0) is 0 Å². The number of esters is 7. The molecular formula is C32H46O19. The van der Waals surface area contributed by atoms with Gasteiger partial charge in [0.05, 0.1) is 0 Å². The van der Waals surface area contributed by atoms with Gasteiger partial charge in [0.25, 0.3) is 0 Å². The van der Waals surface area contributed by atoms with E-state index in [1.807, 2.05) is 0 Å². The molecule has 0 aromatic carbocycles. The number of Topliss-reactive ketones (excluding diaryl/α,β-unsaturated/α-hetero) is 1. The van der Waals surface area contributed by atoms with Gasteiger partial charge in [-0.2, -0.15) is 0 Å². The standard InChI is InChI=1S/C32H46O19/c1-15(33)42-11-22-25(44-17(3)35)27(46-19(5)37)28(47-20(6)38)30(49-22)51-32(14-41-13-24(40)31(8,9)10)29(48-21(7)39)26(45-18(4)36)23(50-32)12-43-16(2)34/h22-23,25-30H,11-14H2,1-10H3/t22-,23-,25-,26-,27+,28-,29+,30-,32+/m1/s1. The highest BCUT2D eigenvalue weighted by molar-refractivity contribution is 5.84. The molecule has 2 fully saturated rings. The molecule has 0 aliphatic carbocycles. The smallest absolute Gasteiger partial charge is 0.303 e.